The largest absolute Gasteiger partial charge is 0.480 e. The van der Waals surface area contributed by atoms with Crippen LogP contribution >= 0.6 is 43.6 Å². The Balaban J connectivity index is 1.81. The number of amides is 2. The Kier molecular flexibility index (Phi) is 6.81. The number of imide groups is 1. The van der Waals surface area contributed by atoms with Gasteiger partial charge in [0, 0.05) is 0 Å². The minimum absolute atomic E-state index is 0.221. The van der Waals surface area contributed by atoms with Crippen molar-refractivity contribution in [1.82, 2.24) is 4.90 Å². The van der Waals surface area contributed by atoms with Crippen LogP contribution in [0.1, 0.15) is 16.7 Å². The molecule has 0 atom stereocenters. The molecular weight excluding hydrogens is 526 g/mol. The summed E-state index contributed by atoms with van der Waals surface area (Å²) >= 11 is 7.57. The second-order valence-electron chi connectivity index (χ2n) is 6.25. The summed E-state index contributed by atoms with van der Waals surface area (Å²) in [6.07, 6.45) is 1.62. The minimum Gasteiger partial charge on any atom is -0.480 e. The third-order valence-electron chi connectivity index (χ3n) is 3.96. The molecule has 1 N–H and O–H groups in total. The normalized spacial score (nSPS) is 15.3. The van der Waals surface area contributed by atoms with Crippen molar-refractivity contribution in [2.45, 2.75) is 13.5 Å². The Labute approximate surface area is 188 Å². The number of carbonyl (C=O) groups is 3. The molecule has 0 aliphatic carbocycles. The number of carboxylic acid groups (broad SMARTS) is 1. The van der Waals surface area contributed by atoms with Crippen LogP contribution in [-0.2, 0) is 16.1 Å². The highest BCUT2D eigenvalue weighted by Crippen LogP contribution is 2.38. The molecule has 2 amide bonds. The highest BCUT2D eigenvalue weighted by atomic mass is 79.9. The average Bonchev–Trinajstić information content (AvgIpc) is 2.88. The van der Waals surface area contributed by atoms with E-state index < -0.39 is 12.6 Å². The number of carboxylic acids is 1. The number of hydrogen-bond donors (Lipinski definition) is 1. The Morgan fingerprint density at radius 2 is 1.90 bits per heavy atom. The summed E-state index contributed by atoms with van der Waals surface area (Å²) in [5, 5.41) is 8.44. The lowest BCUT2D eigenvalue weighted by molar-refractivity contribution is -0.139. The molecule has 0 aromatic heterocycles. The van der Waals surface area contributed by atoms with Crippen LogP contribution in [0.5, 0.6) is 5.75 Å². The van der Waals surface area contributed by atoms with Crippen molar-refractivity contribution in [3.63, 3.8) is 0 Å². The van der Waals surface area contributed by atoms with Gasteiger partial charge in [-0.15, -0.1) is 0 Å². The fraction of sp³-hybridized carbons (Fsp3) is 0.150. The number of carbonyl (C=O) groups excluding carboxylic acids is 2. The lowest BCUT2D eigenvalue weighted by Gasteiger charge is -2.13. The summed E-state index contributed by atoms with van der Waals surface area (Å²) < 4.78 is 6.29. The quantitative estimate of drug-likeness (QED) is 0.506. The van der Waals surface area contributed by atoms with E-state index in [-0.39, 0.29) is 17.7 Å². The third-order valence-corrected chi connectivity index (χ3v) is 6.04. The van der Waals surface area contributed by atoms with Crippen LogP contribution in [-0.4, -0.2) is 33.7 Å². The topological polar surface area (TPSA) is 83.9 Å². The minimum atomic E-state index is -1.09. The van der Waals surface area contributed by atoms with Gasteiger partial charge in [-0.2, -0.15) is 0 Å². The number of nitrogens with zero attached hydrogens (tertiary/aromatic N) is 1. The van der Waals surface area contributed by atoms with Crippen LogP contribution in [0.2, 0.25) is 0 Å². The summed E-state index contributed by atoms with van der Waals surface area (Å²) in [4.78, 5) is 37.3. The number of hydrogen-bond acceptors (Lipinski definition) is 5. The molecule has 1 saturated heterocycles. The number of thioether (sulfide) groups is 1. The maximum absolute atomic E-state index is 12.7. The molecule has 0 spiro atoms. The zero-order valence-corrected chi connectivity index (χ0v) is 19.1. The van der Waals surface area contributed by atoms with Crippen molar-refractivity contribution in [2.24, 2.45) is 0 Å². The zero-order chi connectivity index (χ0) is 21.1. The molecule has 0 unspecified atom stereocenters. The van der Waals surface area contributed by atoms with Crippen molar-refractivity contribution in [3.05, 3.63) is 66.9 Å². The van der Waals surface area contributed by atoms with Crippen molar-refractivity contribution in [2.75, 3.05) is 6.61 Å². The molecule has 9 heteroatoms. The fourth-order valence-corrected chi connectivity index (χ4v) is 5.00. The molecule has 6 nitrogen and oxygen atoms in total. The monoisotopic (exact) mass is 539 g/mol. The predicted molar refractivity (Wildman–Crippen MR) is 118 cm³/mol. The van der Waals surface area contributed by atoms with E-state index in [0.717, 1.165) is 22.9 Å². The molecular formula is C20H15Br2NO5S. The van der Waals surface area contributed by atoms with Crippen molar-refractivity contribution >= 4 is 66.8 Å². The van der Waals surface area contributed by atoms with Crippen LogP contribution in [0.15, 0.2) is 50.2 Å². The summed E-state index contributed by atoms with van der Waals surface area (Å²) in [6, 6.07) is 11.0. The molecule has 2 aromatic carbocycles. The van der Waals surface area contributed by atoms with Crippen LogP contribution in [0.4, 0.5) is 4.79 Å². The first-order valence-corrected chi connectivity index (χ1v) is 10.8. The van der Waals surface area contributed by atoms with Gasteiger partial charge in [-0.25, -0.2) is 4.79 Å². The van der Waals surface area contributed by atoms with Gasteiger partial charge in [0.15, 0.2) is 6.61 Å². The first kappa shape index (κ1) is 21.6. The molecule has 0 bridgehead atoms. The SMILES string of the molecule is Cc1cccc(CN2C(=O)S/C(=C\c3cc(Br)c(OCC(=O)O)c(Br)c3)C2=O)c1. The molecule has 1 fully saturated rings. The highest BCUT2D eigenvalue weighted by Gasteiger charge is 2.35. The molecule has 0 radical (unpaired) electrons. The number of halogens is 2. The summed E-state index contributed by atoms with van der Waals surface area (Å²) in [5.74, 6) is -1.09. The molecule has 2 aromatic rings. The van der Waals surface area contributed by atoms with Crippen molar-refractivity contribution < 1.29 is 24.2 Å². The van der Waals surface area contributed by atoms with Gasteiger partial charge >= 0.3 is 5.97 Å². The molecule has 29 heavy (non-hydrogen) atoms. The smallest absolute Gasteiger partial charge is 0.341 e. The van der Waals surface area contributed by atoms with Gasteiger partial charge in [0.1, 0.15) is 5.75 Å². The van der Waals surface area contributed by atoms with E-state index >= 15 is 0 Å². The molecule has 1 aliphatic heterocycles. The van der Waals surface area contributed by atoms with Gasteiger partial charge in [0.2, 0.25) is 0 Å². The van der Waals surface area contributed by atoms with Crippen LogP contribution in [0.3, 0.4) is 0 Å². The second kappa shape index (κ2) is 9.15. The number of rotatable bonds is 6. The molecule has 0 saturated carbocycles. The number of benzene rings is 2. The highest BCUT2D eigenvalue weighted by molar-refractivity contribution is 9.11. The first-order valence-electron chi connectivity index (χ1n) is 8.39. The fourth-order valence-electron chi connectivity index (χ4n) is 2.72. The van der Waals surface area contributed by atoms with Gasteiger partial charge < -0.3 is 9.84 Å². The second-order valence-corrected chi connectivity index (χ2v) is 8.95. The summed E-state index contributed by atoms with van der Waals surface area (Å²) in [6.45, 7) is 1.70. The van der Waals surface area contributed by atoms with Crippen LogP contribution in [0.25, 0.3) is 6.08 Å². The third kappa shape index (κ3) is 5.29. The van der Waals surface area contributed by atoms with E-state index in [0.29, 0.717) is 25.2 Å². The number of aryl methyl sites for hydroxylation is 1. The van der Waals surface area contributed by atoms with E-state index in [1.165, 1.54) is 4.90 Å². The van der Waals surface area contributed by atoms with E-state index in [4.69, 9.17) is 9.84 Å². The van der Waals surface area contributed by atoms with Gasteiger partial charge in [-0.05, 0) is 79.9 Å². The molecule has 150 valence electrons. The van der Waals surface area contributed by atoms with Crippen molar-refractivity contribution in [3.8, 4) is 5.75 Å². The summed E-state index contributed by atoms with van der Waals surface area (Å²) in [5.41, 5.74) is 2.61. The van der Waals surface area contributed by atoms with Gasteiger partial charge in [0.05, 0.1) is 20.4 Å². The van der Waals surface area contributed by atoms with E-state index in [1.54, 1.807) is 18.2 Å². The average molecular weight is 541 g/mol. The molecule has 1 aliphatic rings. The Hall–Kier alpha value is -2.10. The maximum atomic E-state index is 12.7. The first-order chi connectivity index (χ1) is 13.7. The zero-order valence-electron chi connectivity index (χ0n) is 15.1. The lowest BCUT2D eigenvalue weighted by Crippen LogP contribution is -2.27. The van der Waals surface area contributed by atoms with E-state index in [1.807, 2.05) is 31.2 Å². The molecule has 3 rings (SSSR count). The summed E-state index contributed by atoms with van der Waals surface area (Å²) in [7, 11) is 0. The number of ether oxygens (including phenoxy) is 1. The van der Waals surface area contributed by atoms with Crippen LogP contribution < -0.4 is 4.74 Å². The standard InChI is InChI=1S/C20H15Br2NO5S/c1-11-3-2-4-12(5-11)9-23-19(26)16(29-20(23)27)8-13-6-14(21)18(15(22)7-13)28-10-17(24)25/h2-8H,9-10H2,1H3,(H,24,25)/b16-8-. The predicted octanol–water partition coefficient (Wildman–Crippen LogP) is 5.22. The number of aliphatic carboxylic acids is 1. The lowest BCUT2D eigenvalue weighted by atomic mass is 10.1. The maximum Gasteiger partial charge on any atom is 0.341 e. The van der Waals surface area contributed by atoms with E-state index in [9.17, 15) is 14.4 Å². The molecule has 1 heterocycles. The van der Waals surface area contributed by atoms with E-state index in [2.05, 4.69) is 31.9 Å². The Morgan fingerprint density at radius 3 is 2.52 bits per heavy atom. The van der Waals surface area contributed by atoms with Gasteiger partial charge in [-0.1, -0.05) is 29.8 Å². The van der Waals surface area contributed by atoms with Crippen molar-refractivity contribution in [1.29, 1.82) is 0 Å². The van der Waals surface area contributed by atoms with Gasteiger partial charge in [-0.3, -0.25) is 14.5 Å². The Morgan fingerprint density at radius 1 is 1.21 bits per heavy atom. The Bertz CT molecular complexity index is 1010. The van der Waals surface area contributed by atoms with Gasteiger partial charge in [0.25, 0.3) is 11.1 Å². The van der Waals surface area contributed by atoms with Crippen LogP contribution in [0, 0.1) is 6.92 Å².